The minimum absolute atomic E-state index is 0.535. The molecule has 0 aromatic carbocycles. The van der Waals surface area contributed by atoms with Crippen molar-refractivity contribution in [3.63, 3.8) is 0 Å². The lowest BCUT2D eigenvalue weighted by molar-refractivity contribution is 0.238. The molecule has 1 aliphatic heterocycles. The van der Waals surface area contributed by atoms with Crippen LogP contribution in [-0.2, 0) is 7.05 Å². The first-order valence-electron chi connectivity index (χ1n) is 11.6. The van der Waals surface area contributed by atoms with Gasteiger partial charge in [0.05, 0.1) is 23.8 Å². The van der Waals surface area contributed by atoms with Gasteiger partial charge in [-0.15, -0.1) is 0 Å². The molecule has 0 amide bonds. The second-order valence-corrected chi connectivity index (χ2v) is 10.2. The Hall–Kier alpha value is -2.21. The number of allylic oxidation sites excluding steroid dienone is 2. The molecular formula is C24H32N6. The van der Waals surface area contributed by atoms with Crippen LogP contribution in [0.5, 0.6) is 0 Å². The van der Waals surface area contributed by atoms with Crippen molar-refractivity contribution in [3.05, 3.63) is 36.4 Å². The lowest BCUT2D eigenvalue weighted by Crippen LogP contribution is -2.31. The number of fused-ring (bicyclic) bond motifs is 3. The molecule has 4 unspecified atom stereocenters. The molecule has 6 nitrogen and oxygen atoms in total. The molecule has 3 aliphatic carbocycles. The number of nitrogens with one attached hydrogen (secondary N) is 1. The smallest absolute Gasteiger partial charge is 0.144 e. The SMILES string of the molecule is Cc1nn(C)cc1-c1cnc(NC2C[C@@H]3CN(CC4CC5C=CC4C5)C[C@@H]3C2)cn1. The van der Waals surface area contributed by atoms with Gasteiger partial charge in [-0.25, -0.2) is 4.98 Å². The number of rotatable bonds is 5. The maximum absolute atomic E-state index is 4.64. The monoisotopic (exact) mass is 404 g/mol. The van der Waals surface area contributed by atoms with Crippen LogP contribution in [0, 0.1) is 36.5 Å². The minimum Gasteiger partial charge on any atom is -0.366 e. The van der Waals surface area contributed by atoms with Crippen molar-refractivity contribution in [1.29, 1.82) is 0 Å². The minimum atomic E-state index is 0.535. The second kappa shape index (κ2) is 7.19. The van der Waals surface area contributed by atoms with Gasteiger partial charge < -0.3 is 10.2 Å². The number of anilines is 1. The van der Waals surface area contributed by atoms with Crippen LogP contribution in [0.1, 0.15) is 31.4 Å². The van der Waals surface area contributed by atoms with E-state index in [1.54, 1.807) is 0 Å². The van der Waals surface area contributed by atoms with Crippen molar-refractivity contribution >= 4 is 5.82 Å². The van der Waals surface area contributed by atoms with E-state index in [1.165, 1.54) is 45.3 Å². The van der Waals surface area contributed by atoms with E-state index >= 15 is 0 Å². The Morgan fingerprint density at radius 1 is 1.03 bits per heavy atom. The summed E-state index contributed by atoms with van der Waals surface area (Å²) >= 11 is 0. The standard InChI is InChI=1S/C24H32N6/c1-15-22(14-29(2)28-15)23-9-26-24(10-25-23)27-21-7-19-12-30(13-20(19)8-21)11-18-6-16-3-4-17(18)5-16/h3-4,9-10,14,16-21H,5-8,11-13H2,1-2H3,(H,26,27)/t16?,17?,18?,19-,20+,21?. The van der Waals surface area contributed by atoms with Gasteiger partial charge in [0.25, 0.3) is 0 Å². The van der Waals surface area contributed by atoms with E-state index in [2.05, 4.69) is 37.4 Å². The number of aromatic nitrogens is 4. The zero-order chi connectivity index (χ0) is 20.2. The maximum atomic E-state index is 4.64. The van der Waals surface area contributed by atoms with Crippen LogP contribution in [0.2, 0.25) is 0 Å². The first-order valence-corrected chi connectivity index (χ1v) is 11.6. The fourth-order valence-electron chi connectivity index (χ4n) is 6.70. The summed E-state index contributed by atoms with van der Waals surface area (Å²) in [6, 6.07) is 0.535. The number of hydrogen-bond donors (Lipinski definition) is 1. The van der Waals surface area contributed by atoms with Gasteiger partial charge >= 0.3 is 0 Å². The fraction of sp³-hybridized carbons (Fsp3) is 0.625. The highest BCUT2D eigenvalue weighted by Crippen LogP contribution is 2.45. The Morgan fingerprint density at radius 2 is 1.87 bits per heavy atom. The molecule has 2 aromatic heterocycles. The molecule has 0 spiro atoms. The second-order valence-electron chi connectivity index (χ2n) is 10.2. The molecule has 2 saturated carbocycles. The molecule has 4 aliphatic rings. The maximum Gasteiger partial charge on any atom is 0.144 e. The van der Waals surface area contributed by atoms with Gasteiger partial charge in [-0.2, -0.15) is 5.10 Å². The van der Waals surface area contributed by atoms with Crippen molar-refractivity contribution in [2.45, 2.75) is 38.6 Å². The first kappa shape index (κ1) is 18.6. The lowest BCUT2D eigenvalue weighted by Gasteiger charge is -2.26. The van der Waals surface area contributed by atoms with Crippen LogP contribution in [0.4, 0.5) is 5.82 Å². The highest BCUT2D eigenvalue weighted by atomic mass is 15.3. The van der Waals surface area contributed by atoms with Gasteiger partial charge in [0.2, 0.25) is 0 Å². The van der Waals surface area contributed by atoms with Crippen LogP contribution in [0.3, 0.4) is 0 Å². The van der Waals surface area contributed by atoms with Crippen LogP contribution in [-0.4, -0.2) is 50.3 Å². The Bertz CT molecular complexity index is 933. The fourth-order valence-corrected chi connectivity index (χ4v) is 6.70. The normalized spacial score (nSPS) is 34.7. The summed E-state index contributed by atoms with van der Waals surface area (Å²) in [6.45, 7) is 5.94. The van der Waals surface area contributed by atoms with Crippen LogP contribution < -0.4 is 5.32 Å². The molecular weight excluding hydrogens is 372 g/mol. The van der Waals surface area contributed by atoms with Gasteiger partial charge in [0.15, 0.2) is 0 Å². The van der Waals surface area contributed by atoms with Crippen molar-refractivity contribution in [3.8, 4) is 11.3 Å². The summed E-state index contributed by atoms with van der Waals surface area (Å²) in [5, 5.41) is 8.06. The highest BCUT2D eigenvalue weighted by molar-refractivity contribution is 5.60. The van der Waals surface area contributed by atoms with Gasteiger partial charge in [-0.3, -0.25) is 9.67 Å². The van der Waals surface area contributed by atoms with Crippen molar-refractivity contribution in [2.75, 3.05) is 25.0 Å². The molecule has 1 saturated heterocycles. The van der Waals surface area contributed by atoms with E-state index in [4.69, 9.17) is 0 Å². The zero-order valence-corrected chi connectivity index (χ0v) is 18.0. The van der Waals surface area contributed by atoms with Gasteiger partial charge in [-0.1, -0.05) is 12.2 Å². The van der Waals surface area contributed by atoms with E-state index in [0.717, 1.165) is 52.4 Å². The summed E-state index contributed by atoms with van der Waals surface area (Å²) in [7, 11) is 1.94. The van der Waals surface area contributed by atoms with Crippen molar-refractivity contribution < 1.29 is 0 Å². The Kier molecular flexibility index (Phi) is 4.44. The third-order valence-corrected chi connectivity index (χ3v) is 8.03. The van der Waals surface area contributed by atoms with E-state index in [-0.39, 0.29) is 0 Å². The topological polar surface area (TPSA) is 58.9 Å². The van der Waals surface area contributed by atoms with Crippen molar-refractivity contribution in [2.24, 2.45) is 36.6 Å². The summed E-state index contributed by atoms with van der Waals surface area (Å²) in [5.41, 5.74) is 2.93. The molecule has 30 heavy (non-hydrogen) atoms. The zero-order valence-electron chi connectivity index (χ0n) is 18.0. The average Bonchev–Trinajstić information content (AvgIpc) is 3.51. The molecule has 2 aromatic rings. The molecule has 6 heteroatoms. The Balaban J connectivity index is 1.02. The molecule has 3 heterocycles. The number of hydrogen-bond acceptors (Lipinski definition) is 5. The lowest BCUT2D eigenvalue weighted by atomic mass is 9.93. The van der Waals surface area contributed by atoms with Crippen molar-refractivity contribution in [1.82, 2.24) is 24.6 Å². The van der Waals surface area contributed by atoms with Gasteiger partial charge in [0.1, 0.15) is 5.82 Å². The highest BCUT2D eigenvalue weighted by Gasteiger charge is 2.43. The van der Waals surface area contributed by atoms with Crippen LogP contribution >= 0.6 is 0 Å². The van der Waals surface area contributed by atoms with Crippen LogP contribution in [0.15, 0.2) is 30.7 Å². The number of aryl methyl sites for hydroxylation is 2. The number of nitrogens with zero attached hydrogens (tertiary/aromatic N) is 5. The summed E-state index contributed by atoms with van der Waals surface area (Å²) in [6.07, 6.45) is 16.1. The Morgan fingerprint density at radius 3 is 2.47 bits per heavy atom. The molecule has 1 N–H and O–H groups in total. The summed E-state index contributed by atoms with van der Waals surface area (Å²) in [4.78, 5) is 12.0. The van der Waals surface area contributed by atoms with Gasteiger partial charge in [-0.05, 0) is 62.2 Å². The predicted octanol–water partition coefficient (Wildman–Crippen LogP) is 3.52. The van der Waals surface area contributed by atoms with E-state index < -0.39 is 0 Å². The number of likely N-dealkylation sites (tertiary alicyclic amines) is 1. The van der Waals surface area contributed by atoms with E-state index in [9.17, 15) is 0 Å². The third-order valence-electron chi connectivity index (χ3n) is 8.03. The molecule has 2 bridgehead atoms. The molecule has 158 valence electrons. The predicted molar refractivity (Wildman–Crippen MR) is 118 cm³/mol. The van der Waals surface area contributed by atoms with E-state index in [0.29, 0.717) is 6.04 Å². The van der Waals surface area contributed by atoms with E-state index in [1.807, 2.05) is 37.2 Å². The summed E-state index contributed by atoms with van der Waals surface area (Å²) in [5.74, 6) is 5.29. The largest absolute Gasteiger partial charge is 0.366 e. The first-order chi connectivity index (χ1) is 14.6. The van der Waals surface area contributed by atoms with Crippen LogP contribution in [0.25, 0.3) is 11.3 Å². The average molecular weight is 405 g/mol. The molecule has 3 fully saturated rings. The molecule has 0 radical (unpaired) electrons. The summed E-state index contributed by atoms with van der Waals surface area (Å²) < 4.78 is 1.83. The molecule has 6 rings (SSSR count). The quantitative estimate of drug-likeness (QED) is 0.773. The van der Waals surface area contributed by atoms with Gasteiger partial charge in [0, 0.05) is 44.5 Å². The third kappa shape index (κ3) is 3.35. The molecule has 6 atom stereocenters. The Labute approximate surface area is 178 Å².